The van der Waals surface area contributed by atoms with Crippen molar-refractivity contribution in [2.24, 2.45) is 10.8 Å². The molecule has 0 bridgehead atoms. The first-order valence-corrected chi connectivity index (χ1v) is 13.0. The molecule has 0 amide bonds. The van der Waals surface area contributed by atoms with Gasteiger partial charge in [-0.3, -0.25) is 23.2 Å². The number of carbonyl (C=O) groups is 2. The van der Waals surface area contributed by atoms with Gasteiger partial charge in [0.2, 0.25) is 13.6 Å². The van der Waals surface area contributed by atoms with Crippen LogP contribution in [0.4, 0.5) is 8.78 Å². The van der Waals surface area contributed by atoms with Crippen LogP contribution in [0.3, 0.4) is 0 Å². The Balaban J connectivity index is 2.45. The molecule has 0 N–H and O–H groups in total. The second-order valence-corrected chi connectivity index (χ2v) is 12.8. The summed E-state index contributed by atoms with van der Waals surface area (Å²) in [7, 11) is -5.47. The van der Waals surface area contributed by atoms with Crippen LogP contribution in [0, 0.1) is 22.2 Å². The molecule has 2 rings (SSSR count). The van der Waals surface area contributed by atoms with E-state index in [1.54, 1.807) is 6.07 Å². The van der Waals surface area contributed by atoms with Gasteiger partial charge in [0.15, 0.2) is 0 Å². The second kappa shape index (κ2) is 10.9. The first-order valence-electron chi connectivity index (χ1n) is 10.7. The van der Waals surface area contributed by atoms with E-state index in [0.29, 0.717) is 5.39 Å². The predicted molar refractivity (Wildman–Crippen MR) is 131 cm³/mol. The molecule has 0 atom stereocenters. The molecule has 0 fully saturated rings. The number of alkyl halides is 2. The lowest BCUT2D eigenvalue weighted by Crippen LogP contribution is -2.27. The molecule has 0 saturated carbocycles. The Morgan fingerprint density at radius 3 is 1.86 bits per heavy atom. The minimum atomic E-state index is -5.47. The summed E-state index contributed by atoms with van der Waals surface area (Å²) < 4.78 is 64.4. The van der Waals surface area contributed by atoms with Crippen molar-refractivity contribution < 1.29 is 41.5 Å². The van der Waals surface area contributed by atoms with E-state index in [1.807, 2.05) is 6.07 Å². The summed E-state index contributed by atoms with van der Waals surface area (Å²) in [4.78, 5) is 24.0. The van der Waals surface area contributed by atoms with E-state index < -0.39 is 55.2 Å². The maximum absolute atomic E-state index is 15.8. The molecular weight excluding hydrogens is 563 g/mol. The Labute approximate surface area is 216 Å². The maximum atomic E-state index is 15.8. The highest BCUT2D eigenvalue weighted by molar-refractivity contribution is 9.10. The normalized spacial score (nSPS) is 12.8. The van der Waals surface area contributed by atoms with Crippen LogP contribution >= 0.6 is 23.5 Å². The third-order valence-corrected chi connectivity index (χ3v) is 7.25. The number of nitrogens with zero attached hydrogens (tertiary/aromatic N) is 1. The zero-order chi connectivity index (χ0) is 27.5. The van der Waals surface area contributed by atoms with E-state index in [4.69, 9.17) is 23.8 Å². The molecule has 36 heavy (non-hydrogen) atoms. The molecule has 0 aromatic heterocycles. The van der Waals surface area contributed by atoms with Gasteiger partial charge in [-0.25, -0.2) is 0 Å². The van der Waals surface area contributed by atoms with Crippen molar-refractivity contribution in [1.29, 1.82) is 5.26 Å². The van der Waals surface area contributed by atoms with Crippen LogP contribution in [0.15, 0.2) is 34.8 Å². The van der Waals surface area contributed by atoms with Gasteiger partial charge in [-0.15, -0.1) is 0 Å². The molecular formula is C24H27BrF2NO7P. The average molecular weight is 590 g/mol. The van der Waals surface area contributed by atoms with Crippen molar-refractivity contribution in [3.05, 3.63) is 45.9 Å². The van der Waals surface area contributed by atoms with Gasteiger partial charge in [0, 0.05) is 10.0 Å². The molecule has 0 radical (unpaired) electrons. The first-order chi connectivity index (χ1) is 16.4. The summed E-state index contributed by atoms with van der Waals surface area (Å²) in [5.74, 6) is -1.57. The SMILES string of the molecule is CC(C)(C)C(=O)OCOP(=O)(OCOC(=O)C(C)(C)C)C(F)(F)c1cc2cc(C#N)ccc2cc1Br. The Morgan fingerprint density at radius 2 is 1.42 bits per heavy atom. The highest BCUT2D eigenvalue weighted by atomic mass is 79.9. The standard InChI is InChI=1S/C24H27BrF2NO7P/c1-22(2,3)20(29)32-13-34-36(31,35-14-33-21(30)23(4,5)6)24(26,27)18-10-17-9-15(12-28)7-8-16(17)11-19(18)25/h7-11H,13-14H2,1-6H3. The number of fused-ring (bicyclic) bond motifs is 1. The predicted octanol–water partition coefficient (Wildman–Crippen LogP) is 6.84. The lowest BCUT2D eigenvalue weighted by molar-refractivity contribution is -0.163. The molecule has 0 aliphatic rings. The number of halogens is 3. The fourth-order valence-electron chi connectivity index (χ4n) is 2.65. The molecule has 196 valence electrons. The van der Waals surface area contributed by atoms with Crippen LogP contribution < -0.4 is 0 Å². The summed E-state index contributed by atoms with van der Waals surface area (Å²) in [6.45, 7) is 7.02. The van der Waals surface area contributed by atoms with E-state index in [-0.39, 0.29) is 15.4 Å². The van der Waals surface area contributed by atoms with Crippen molar-refractivity contribution >= 4 is 46.2 Å². The molecule has 0 spiro atoms. The van der Waals surface area contributed by atoms with Gasteiger partial charge in [0.1, 0.15) is 0 Å². The quantitative estimate of drug-likeness (QED) is 0.187. The third kappa shape index (κ3) is 6.88. The van der Waals surface area contributed by atoms with Gasteiger partial charge in [0.25, 0.3) is 0 Å². The molecule has 0 unspecified atom stereocenters. The van der Waals surface area contributed by atoms with Crippen molar-refractivity contribution in [3.63, 3.8) is 0 Å². The molecule has 0 saturated heterocycles. The number of hydrogen-bond donors (Lipinski definition) is 0. The van der Waals surface area contributed by atoms with E-state index >= 15 is 8.78 Å². The number of hydrogen-bond acceptors (Lipinski definition) is 8. The zero-order valence-corrected chi connectivity index (χ0v) is 23.2. The second-order valence-electron chi connectivity index (χ2n) is 9.90. The summed E-state index contributed by atoms with van der Waals surface area (Å²) >= 11 is 3.07. The van der Waals surface area contributed by atoms with Crippen LogP contribution in [0.25, 0.3) is 10.8 Å². The van der Waals surface area contributed by atoms with Gasteiger partial charge >= 0.3 is 25.2 Å². The van der Waals surface area contributed by atoms with Crippen molar-refractivity contribution in [1.82, 2.24) is 0 Å². The van der Waals surface area contributed by atoms with E-state index in [2.05, 4.69) is 15.9 Å². The van der Waals surface area contributed by atoms with Gasteiger partial charge in [-0.2, -0.15) is 14.0 Å². The maximum Gasteiger partial charge on any atom is 0.410 e. The summed E-state index contributed by atoms with van der Waals surface area (Å²) in [5.41, 5.74) is -6.77. The topological polar surface area (TPSA) is 112 Å². The minimum Gasteiger partial charge on any atom is -0.438 e. The Bertz CT molecular complexity index is 1210. The van der Waals surface area contributed by atoms with E-state index in [0.717, 1.165) is 6.07 Å². The Kier molecular flexibility index (Phi) is 9.06. The molecule has 12 heteroatoms. The number of esters is 2. The largest absolute Gasteiger partial charge is 0.438 e. The van der Waals surface area contributed by atoms with Crippen molar-refractivity contribution in [2.45, 2.75) is 47.2 Å². The lowest BCUT2D eigenvalue weighted by Gasteiger charge is -2.28. The Morgan fingerprint density at radius 1 is 0.917 bits per heavy atom. The highest BCUT2D eigenvalue weighted by Gasteiger charge is 2.57. The number of ether oxygens (including phenoxy) is 2. The molecule has 0 heterocycles. The highest BCUT2D eigenvalue weighted by Crippen LogP contribution is 2.68. The number of nitriles is 1. The smallest absolute Gasteiger partial charge is 0.410 e. The van der Waals surface area contributed by atoms with Gasteiger partial charge < -0.3 is 9.47 Å². The molecule has 2 aromatic carbocycles. The number of carbonyl (C=O) groups excluding carboxylic acids is 2. The monoisotopic (exact) mass is 589 g/mol. The van der Waals surface area contributed by atoms with Gasteiger partial charge in [-0.05, 0) is 76.6 Å². The number of rotatable bonds is 8. The molecule has 2 aromatic rings. The van der Waals surface area contributed by atoms with Gasteiger partial charge in [-0.1, -0.05) is 22.0 Å². The van der Waals surface area contributed by atoms with Crippen molar-refractivity contribution in [2.75, 3.05) is 13.6 Å². The first kappa shape index (κ1) is 29.8. The third-order valence-electron chi connectivity index (χ3n) is 4.77. The Hall–Kier alpha value is -2.38. The van der Waals surface area contributed by atoms with Gasteiger partial charge in [0.05, 0.1) is 22.5 Å². The molecule has 8 nitrogen and oxygen atoms in total. The summed E-state index contributed by atoms with van der Waals surface area (Å²) in [6, 6.07) is 8.82. The van der Waals surface area contributed by atoms with E-state index in [1.165, 1.54) is 59.7 Å². The number of benzene rings is 2. The van der Waals surface area contributed by atoms with Crippen molar-refractivity contribution in [3.8, 4) is 6.07 Å². The van der Waals surface area contributed by atoms with Crippen LogP contribution in [-0.2, 0) is 38.3 Å². The zero-order valence-electron chi connectivity index (χ0n) is 20.7. The summed E-state index contributed by atoms with van der Waals surface area (Å²) in [6.07, 6.45) is 0. The van der Waals surface area contributed by atoms with Crippen LogP contribution in [-0.4, -0.2) is 25.5 Å². The molecule has 0 aliphatic carbocycles. The lowest BCUT2D eigenvalue weighted by atomic mass is 9.98. The van der Waals surface area contributed by atoms with Crippen LogP contribution in [0.1, 0.15) is 52.7 Å². The van der Waals surface area contributed by atoms with E-state index in [9.17, 15) is 14.2 Å². The fourth-order valence-corrected chi connectivity index (χ4v) is 4.67. The molecule has 0 aliphatic heterocycles. The minimum absolute atomic E-state index is 0.115. The van der Waals surface area contributed by atoms with Crippen LogP contribution in [0.2, 0.25) is 0 Å². The average Bonchev–Trinajstić information content (AvgIpc) is 2.76. The summed E-state index contributed by atoms with van der Waals surface area (Å²) in [5, 5.41) is 9.95. The van der Waals surface area contributed by atoms with Crippen LogP contribution in [0.5, 0.6) is 0 Å². The fraction of sp³-hybridized carbons (Fsp3) is 0.458.